The molecular formula is C20H28N4O. The molecule has 134 valence electrons. The van der Waals surface area contributed by atoms with E-state index in [4.69, 9.17) is 0 Å². The van der Waals surface area contributed by atoms with Gasteiger partial charge in [-0.05, 0) is 36.8 Å². The molecule has 2 rings (SSSR count). The average Bonchev–Trinajstić information content (AvgIpc) is 2.94. The average molecular weight is 340 g/mol. The standard InChI is InChI=1S/C20H28N4O/c1-6-18-17-9-8-16(12-19(17)24(5)22-18)20(13-21,15(2)3)10-7-11-23(4)14-25/h8-9,12,14-15H,6-7,10-11H2,1-5H3. The maximum absolute atomic E-state index is 10.8. The third-order valence-corrected chi connectivity index (χ3v) is 5.22. The molecule has 0 N–H and O–H groups in total. The highest BCUT2D eigenvalue weighted by Gasteiger charge is 2.36. The molecule has 1 aromatic heterocycles. The predicted octanol–water partition coefficient (Wildman–Crippen LogP) is 3.42. The maximum Gasteiger partial charge on any atom is 0.209 e. The van der Waals surface area contributed by atoms with E-state index >= 15 is 0 Å². The van der Waals surface area contributed by atoms with Crippen molar-refractivity contribution < 1.29 is 4.79 Å². The molecule has 0 aliphatic heterocycles. The first-order valence-corrected chi connectivity index (χ1v) is 8.92. The Morgan fingerprint density at radius 3 is 2.72 bits per heavy atom. The molecule has 1 unspecified atom stereocenters. The van der Waals surface area contributed by atoms with E-state index in [1.165, 1.54) is 0 Å². The molecule has 0 saturated carbocycles. The van der Waals surface area contributed by atoms with E-state index in [2.05, 4.69) is 50.1 Å². The Labute approximate surface area is 150 Å². The van der Waals surface area contributed by atoms with Crippen molar-refractivity contribution in [2.24, 2.45) is 13.0 Å². The summed E-state index contributed by atoms with van der Waals surface area (Å²) >= 11 is 0. The summed E-state index contributed by atoms with van der Waals surface area (Å²) in [6.07, 6.45) is 3.24. The van der Waals surface area contributed by atoms with Gasteiger partial charge in [-0.2, -0.15) is 10.4 Å². The van der Waals surface area contributed by atoms with Crippen molar-refractivity contribution in [3.05, 3.63) is 29.5 Å². The highest BCUT2D eigenvalue weighted by Crippen LogP contribution is 2.38. The van der Waals surface area contributed by atoms with Gasteiger partial charge in [-0.1, -0.05) is 32.9 Å². The van der Waals surface area contributed by atoms with Gasteiger partial charge in [-0.15, -0.1) is 0 Å². The number of aromatic nitrogens is 2. The van der Waals surface area contributed by atoms with E-state index in [-0.39, 0.29) is 5.92 Å². The molecule has 1 amide bonds. The van der Waals surface area contributed by atoms with Crippen molar-refractivity contribution in [3.63, 3.8) is 0 Å². The van der Waals surface area contributed by atoms with E-state index in [0.29, 0.717) is 6.54 Å². The Morgan fingerprint density at radius 1 is 1.44 bits per heavy atom. The van der Waals surface area contributed by atoms with Crippen molar-refractivity contribution in [3.8, 4) is 6.07 Å². The number of carbonyl (C=O) groups excluding carboxylic acids is 1. The van der Waals surface area contributed by atoms with E-state index in [0.717, 1.165) is 47.8 Å². The molecule has 0 radical (unpaired) electrons. The summed E-state index contributed by atoms with van der Waals surface area (Å²) < 4.78 is 1.90. The second-order valence-corrected chi connectivity index (χ2v) is 7.08. The summed E-state index contributed by atoms with van der Waals surface area (Å²) in [7, 11) is 3.72. The van der Waals surface area contributed by atoms with Crippen molar-refractivity contribution in [2.75, 3.05) is 13.6 Å². The Morgan fingerprint density at radius 2 is 2.16 bits per heavy atom. The Balaban J connectivity index is 2.44. The van der Waals surface area contributed by atoms with Crippen LogP contribution in [0.5, 0.6) is 0 Å². The number of rotatable bonds is 8. The Bertz CT molecular complexity index is 787. The molecule has 1 atom stereocenters. The molecule has 2 aromatic rings. The molecular weight excluding hydrogens is 312 g/mol. The van der Waals surface area contributed by atoms with Crippen LogP contribution in [0.15, 0.2) is 18.2 Å². The monoisotopic (exact) mass is 340 g/mol. The van der Waals surface area contributed by atoms with Crippen LogP contribution in [0.4, 0.5) is 0 Å². The fraction of sp³-hybridized carbons (Fsp3) is 0.550. The fourth-order valence-corrected chi connectivity index (χ4v) is 3.55. The number of amides is 1. The van der Waals surface area contributed by atoms with Crippen LogP contribution in [0, 0.1) is 17.2 Å². The lowest BCUT2D eigenvalue weighted by Gasteiger charge is -2.32. The van der Waals surface area contributed by atoms with Crippen LogP contribution in [0.25, 0.3) is 10.9 Å². The minimum atomic E-state index is -0.561. The van der Waals surface area contributed by atoms with Crippen LogP contribution >= 0.6 is 0 Å². The fourth-order valence-electron chi connectivity index (χ4n) is 3.55. The normalized spacial score (nSPS) is 13.6. The van der Waals surface area contributed by atoms with Crippen LogP contribution in [0.1, 0.15) is 44.9 Å². The lowest BCUT2D eigenvalue weighted by Crippen LogP contribution is -2.32. The van der Waals surface area contributed by atoms with Crippen LogP contribution < -0.4 is 0 Å². The largest absolute Gasteiger partial charge is 0.348 e. The highest BCUT2D eigenvalue weighted by molar-refractivity contribution is 5.83. The summed E-state index contributed by atoms with van der Waals surface area (Å²) in [5, 5.41) is 15.8. The quantitative estimate of drug-likeness (QED) is 0.692. The van der Waals surface area contributed by atoms with Crippen molar-refractivity contribution >= 4 is 17.3 Å². The first-order chi connectivity index (χ1) is 11.9. The summed E-state index contributed by atoms with van der Waals surface area (Å²) in [5.74, 6) is 0.176. The highest BCUT2D eigenvalue weighted by atomic mass is 16.1. The number of benzene rings is 1. The van der Waals surface area contributed by atoms with Gasteiger partial charge in [-0.3, -0.25) is 9.48 Å². The van der Waals surface area contributed by atoms with E-state index < -0.39 is 5.41 Å². The van der Waals surface area contributed by atoms with Gasteiger partial charge in [0.2, 0.25) is 6.41 Å². The second kappa shape index (κ2) is 7.69. The second-order valence-electron chi connectivity index (χ2n) is 7.08. The summed E-state index contributed by atoms with van der Waals surface area (Å²) in [4.78, 5) is 12.4. The van der Waals surface area contributed by atoms with Crippen LogP contribution in [0.2, 0.25) is 0 Å². The van der Waals surface area contributed by atoms with Crippen LogP contribution in [-0.4, -0.2) is 34.7 Å². The zero-order valence-electron chi connectivity index (χ0n) is 15.9. The van der Waals surface area contributed by atoms with Crippen molar-refractivity contribution in [2.45, 2.75) is 45.4 Å². The first-order valence-electron chi connectivity index (χ1n) is 8.92. The zero-order chi connectivity index (χ0) is 18.6. The van der Waals surface area contributed by atoms with Gasteiger partial charge in [0.25, 0.3) is 0 Å². The third kappa shape index (κ3) is 3.53. The SMILES string of the molecule is CCc1nn(C)c2cc(C(C#N)(CCCN(C)C=O)C(C)C)ccc12. The van der Waals surface area contributed by atoms with Gasteiger partial charge >= 0.3 is 0 Å². The van der Waals surface area contributed by atoms with Gasteiger partial charge in [0.1, 0.15) is 0 Å². The third-order valence-electron chi connectivity index (χ3n) is 5.22. The minimum Gasteiger partial charge on any atom is -0.348 e. The van der Waals surface area contributed by atoms with E-state index in [1.807, 2.05) is 11.7 Å². The molecule has 0 bridgehead atoms. The van der Waals surface area contributed by atoms with Gasteiger partial charge < -0.3 is 4.90 Å². The Hall–Kier alpha value is -2.35. The molecule has 1 heterocycles. The molecule has 1 aromatic carbocycles. The Kier molecular flexibility index (Phi) is 5.84. The number of carbonyl (C=O) groups is 1. The van der Waals surface area contributed by atoms with Gasteiger partial charge in [0, 0.05) is 26.0 Å². The van der Waals surface area contributed by atoms with E-state index in [1.54, 1.807) is 11.9 Å². The lowest BCUT2D eigenvalue weighted by atomic mass is 9.69. The topological polar surface area (TPSA) is 61.9 Å². The molecule has 0 spiro atoms. The van der Waals surface area contributed by atoms with Crippen LogP contribution in [0.3, 0.4) is 0 Å². The minimum absolute atomic E-state index is 0.176. The number of nitrogens with zero attached hydrogens (tertiary/aromatic N) is 4. The smallest absolute Gasteiger partial charge is 0.209 e. The molecule has 0 fully saturated rings. The van der Waals surface area contributed by atoms with Gasteiger partial charge in [-0.25, -0.2) is 0 Å². The van der Waals surface area contributed by atoms with Crippen molar-refractivity contribution in [1.82, 2.24) is 14.7 Å². The lowest BCUT2D eigenvalue weighted by molar-refractivity contribution is -0.117. The summed E-state index contributed by atoms with van der Waals surface area (Å²) in [6, 6.07) is 8.89. The molecule has 0 saturated heterocycles. The first kappa shape index (κ1) is 19.0. The van der Waals surface area contributed by atoms with E-state index in [9.17, 15) is 10.1 Å². The molecule has 0 aliphatic rings. The predicted molar refractivity (Wildman–Crippen MR) is 100 cm³/mol. The van der Waals surface area contributed by atoms with Crippen molar-refractivity contribution in [1.29, 1.82) is 5.26 Å². The van der Waals surface area contributed by atoms with Gasteiger partial charge in [0.05, 0.1) is 22.7 Å². The summed E-state index contributed by atoms with van der Waals surface area (Å²) in [6.45, 7) is 6.95. The van der Waals surface area contributed by atoms with Gasteiger partial charge in [0.15, 0.2) is 0 Å². The van der Waals surface area contributed by atoms with Crippen LogP contribution in [-0.2, 0) is 23.7 Å². The molecule has 25 heavy (non-hydrogen) atoms. The maximum atomic E-state index is 10.8. The number of hydrogen-bond donors (Lipinski definition) is 0. The molecule has 5 heteroatoms. The number of aryl methyl sites for hydroxylation is 2. The number of hydrogen-bond acceptors (Lipinski definition) is 3. The number of nitriles is 1. The number of fused-ring (bicyclic) bond motifs is 1. The molecule has 5 nitrogen and oxygen atoms in total. The zero-order valence-corrected chi connectivity index (χ0v) is 15.9. The molecule has 0 aliphatic carbocycles. The summed E-state index contributed by atoms with van der Waals surface area (Å²) in [5.41, 5.74) is 2.63.